The molecule has 0 unspecified atom stereocenters. The number of thiophene rings is 1. The second kappa shape index (κ2) is 14.9. The van der Waals surface area contributed by atoms with Crippen LogP contribution >= 0.6 is 34.5 Å². The quantitative estimate of drug-likeness (QED) is 0.193. The van der Waals surface area contributed by atoms with E-state index < -0.39 is 34.9 Å². The van der Waals surface area contributed by atoms with Crippen LogP contribution in [0.25, 0.3) is 16.3 Å². The fourth-order valence-electron chi connectivity index (χ4n) is 5.69. The van der Waals surface area contributed by atoms with E-state index in [1.165, 1.54) is 16.0 Å². The fraction of sp³-hybridized carbons (Fsp3) is 0.353. The lowest BCUT2D eigenvalue weighted by molar-refractivity contribution is -0.0413. The van der Waals surface area contributed by atoms with Crippen LogP contribution in [0.1, 0.15) is 64.2 Å². The Kier molecular flexibility index (Phi) is 10.8. The predicted molar refractivity (Wildman–Crippen MR) is 188 cm³/mol. The van der Waals surface area contributed by atoms with Crippen LogP contribution in [-0.4, -0.2) is 65.5 Å². The molecular weight excluding hydrogens is 713 g/mol. The van der Waals surface area contributed by atoms with Crippen molar-refractivity contribution in [3.8, 4) is 28.1 Å². The third-order valence-corrected chi connectivity index (χ3v) is 11.5. The van der Waals surface area contributed by atoms with Crippen LogP contribution in [0.15, 0.2) is 54.6 Å². The molecule has 2 fully saturated rings. The highest BCUT2D eigenvalue weighted by Gasteiger charge is 2.38. The molecule has 49 heavy (non-hydrogen) atoms. The highest BCUT2D eigenvalue weighted by Crippen LogP contribution is 2.37. The molecule has 0 radical (unpaired) electrons. The van der Waals surface area contributed by atoms with E-state index in [0.29, 0.717) is 34.4 Å². The lowest BCUT2D eigenvalue weighted by Gasteiger charge is -2.30. The number of hydrogen-bond acceptors (Lipinski definition) is 6. The van der Waals surface area contributed by atoms with E-state index in [-0.39, 0.29) is 35.9 Å². The summed E-state index contributed by atoms with van der Waals surface area (Å²) in [6, 6.07) is 16.4. The summed E-state index contributed by atoms with van der Waals surface area (Å²) < 4.78 is 59.6. The van der Waals surface area contributed by atoms with Gasteiger partial charge in [0.1, 0.15) is 0 Å². The van der Waals surface area contributed by atoms with Crippen molar-refractivity contribution < 1.29 is 22.0 Å². The van der Waals surface area contributed by atoms with Gasteiger partial charge in [-0.3, -0.25) is 10.2 Å². The van der Waals surface area contributed by atoms with Crippen LogP contribution in [-0.2, 0) is 16.8 Å². The summed E-state index contributed by atoms with van der Waals surface area (Å²) in [6.45, 7) is 2.33. The van der Waals surface area contributed by atoms with Gasteiger partial charge in [0.15, 0.2) is 5.69 Å². The van der Waals surface area contributed by atoms with Gasteiger partial charge in [0.25, 0.3) is 22.0 Å². The summed E-state index contributed by atoms with van der Waals surface area (Å²) in [5.74, 6) is 2.92. The number of amides is 1. The number of carbonyl (C=O) groups is 1. The number of benzene rings is 2. The summed E-state index contributed by atoms with van der Waals surface area (Å²) in [6.07, 6.45) is 1.75. The zero-order valence-electron chi connectivity index (χ0n) is 26.6. The number of aromatic nitrogens is 2. The minimum Gasteiger partial charge on any atom is -0.283 e. The maximum atomic E-state index is 13.9. The first-order valence-electron chi connectivity index (χ1n) is 15.8. The number of alkyl halides is 2. The Morgan fingerprint density at radius 3 is 2.39 bits per heavy atom. The predicted octanol–water partition coefficient (Wildman–Crippen LogP) is 6.81. The van der Waals surface area contributed by atoms with E-state index in [9.17, 15) is 22.0 Å². The van der Waals surface area contributed by atoms with Gasteiger partial charge in [-0.2, -0.15) is 22.5 Å². The van der Waals surface area contributed by atoms with E-state index >= 15 is 0 Å². The topological polar surface area (TPSA) is 99.6 Å². The Morgan fingerprint density at radius 2 is 1.69 bits per heavy atom. The van der Waals surface area contributed by atoms with Crippen molar-refractivity contribution in [3.63, 3.8) is 0 Å². The first-order chi connectivity index (χ1) is 23.4. The molecule has 1 amide bonds. The molecule has 0 spiro atoms. The van der Waals surface area contributed by atoms with Gasteiger partial charge in [-0.1, -0.05) is 59.2 Å². The Balaban J connectivity index is 1.43. The largest absolute Gasteiger partial charge is 0.286 e. The minimum absolute atomic E-state index is 0.0137. The number of hydrazine groups is 1. The number of nitrogens with one attached hydrogen (secondary N) is 2. The molecule has 6 rings (SSSR count). The molecule has 4 heterocycles. The smallest absolute Gasteiger partial charge is 0.283 e. The van der Waals surface area contributed by atoms with Crippen molar-refractivity contribution in [2.24, 2.45) is 0 Å². The summed E-state index contributed by atoms with van der Waals surface area (Å²) in [7, 11) is -4.20. The monoisotopic (exact) mass is 746 g/mol. The number of carbonyl (C=O) groups excluding carboxylic acids is 1. The van der Waals surface area contributed by atoms with E-state index in [1.54, 1.807) is 18.2 Å². The van der Waals surface area contributed by atoms with Gasteiger partial charge < -0.3 is 0 Å². The maximum absolute atomic E-state index is 13.9. The Labute approximate surface area is 298 Å². The number of hydrogen-bond donors (Lipinski definition) is 2. The summed E-state index contributed by atoms with van der Waals surface area (Å²) in [5.41, 5.74) is 6.02. The van der Waals surface area contributed by atoms with Gasteiger partial charge in [-0.15, -0.1) is 11.3 Å². The molecule has 2 aromatic carbocycles. The zero-order chi connectivity index (χ0) is 34.8. The summed E-state index contributed by atoms with van der Waals surface area (Å²) >= 11 is 14.2. The van der Waals surface area contributed by atoms with Crippen molar-refractivity contribution in [1.82, 2.24) is 29.2 Å². The number of piperidine rings is 2. The van der Waals surface area contributed by atoms with E-state index in [4.69, 9.17) is 28.3 Å². The summed E-state index contributed by atoms with van der Waals surface area (Å²) in [5, 5.41) is 7.21. The standard InChI is InChI=1S/C34H34Cl2F2N6O3S2/c1-23-5-7-24(8-6-23)9-11-26-12-14-30(48-26)32-27(22-39-49(46,47)43-19-15-34(37,38)16-20-43)31(33(45)41-42-17-3-2-4-18-42)40-44(32)29-13-10-25(35)21-28(29)36/h5-8,10,12-14,21,39H,2-4,15-20,22H2,1H3,(H,41,45). The molecule has 258 valence electrons. The van der Waals surface area contributed by atoms with E-state index in [0.717, 1.165) is 39.6 Å². The summed E-state index contributed by atoms with van der Waals surface area (Å²) in [4.78, 5) is 15.3. The van der Waals surface area contributed by atoms with Gasteiger partial charge in [-0.25, -0.2) is 18.5 Å². The molecular formula is C34H34Cl2F2N6O3S2. The highest BCUT2D eigenvalue weighted by atomic mass is 35.5. The minimum atomic E-state index is -4.20. The van der Waals surface area contributed by atoms with Crippen LogP contribution in [0.3, 0.4) is 0 Å². The highest BCUT2D eigenvalue weighted by molar-refractivity contribution is 7.87. The maximum Gasteiger partial charge on any atom is 0.286 e. The van der Waals surface area contributed by atoms with Crippen LogP contribution in [0.2, 0.25) is 10.0 Å². The number of aryl methyl sites for hydroxylation is 1. The molecule has 0 saturated carbocycles. The van der Waals surface area contributed by atoms with Crippen molar-refractivity contribution >= 4 is 50.7 Å². The lowest BCUT2D eigenvalue weighted by Crippen LogP contribution is -2.47. The van der Waals surface area contributed by atoms with Crippen LogP contribution < -0.4 is 10.1 Å². The molecule has 0 bridgehead atoms. The van der Waals surface area contributed by atoms with Crippen LogP contribution in [0, 0.1) is 18.8 Å². The second-order valence-corrected chi connectivity index (χ2v) is 15.7. The third kappa shape index (κ3) is 8.52. The Hall–Kier alpha value is -3.35. The van der Waals surface area contributed by atoms with Crippen molar-refractivity contribution in [2.45, 2.75) is 51.5 Å². The van der Waals surface area contributed by atoms with E-state index in [2.05, 4.69) is 22.0 Å². The van der Waals surface area contributed by atoms with Crippen LogP contribution in [0.4, 0.5) is 8.78 Å². The molecule has 9 nitrogen and oxygen atoms in total. The van der Waals surface area contributed by atoms with E-state index in [1.807, 2.05) is 48.3 Å². The first-order valence-corrected chi connectivity index (χ1v) is 18.8. The van der Waals surface area contributed by atoms with Crippen molar-refractivity contribution in [3.05, 3.63) is 91.9 Å². The normalized spacial score (nSPS) is 17.0. The van der Waals surface area contributed by atoms with Gasteiger partial charge in [0.2, 0.25) is 0 Å². The average molecular weight is 748 g/mol. The van der Waals surface area contributed by atoms with Gasteiger partial charge in [0.05, 0.1) is 26.2 Å². The first kappa shape index (κ1) is 35.5. The molecule has 2 aromatic heterocycles. The second-order valence-electron chi connectivity index (χ2n) is 12.0. The molecule has 0 atom stereocenters. The van der Waals surface area contributed by atoms with Gasteiger partial charge in [-0.05, 0) is 62.2 Å². The molecule has 4 aromatic rings. The third-order valence-electron chi connectivity index (χ3n) is 8.40. The molecule has 2 N–H and O–H groups in total. The van der Waals surface area contributed by atoms with Gasteiger partial charge in [0, 0.05) is 61.7 Å². The van der Waals surface area contributed by atoms with Crippen LogP contribution in [0.5, 0.6) is 0 Å². The SMILES string of the molecule is Cc1ccc(C#Cc2ccc(-c3c(CNS(=O)(=O)N4CCC(F)(F)CC4)c(C(=O)NN4CCCCC4)nn3-c3ccc(Cl)cc3Cl)s2)cc1. The zero-order valence-corrected chi connectivity index (χ0v) is 29.8. The molecule has 0 aliphatic carbocycles. The fourth-order valence-corrected chi connectivity index (χ4v) is 8.27. The molecule has 2 aliphatic heterocycles. The average Bonchev–Trinajstić information content (AvgIpc) is 3.68. The molecule has 2 aliphatic rings. The molecule has 15 heteroatoms. The Bertz CT molecular complexity index is 2010. The molecule has 2 saturated heterocycles. The number of halogens is 4. The number of rotatable bonds is 8. The van der Waals surface area contributed by atoms with Gasteiger partial charge >= 0.3 is 0 Å². The number of nitrogens with zero attached hydrogens (tertiary/aromatic N) is 4. The van der Waals surface area contributed by atoms with Crippen molar-refractivity contribution in [2.75, 3.05) is 26.2 Å². The lowest BCUT2D eigenvalue weighted by atomic mass is 10.1. The van der Waals surface area contributed by atoms with Crippen molar-refractivity contribution in [1.29, 1.82) is 0 Å². The Morgan fingerprint density at radius 1 is 0.980 bits per heavy atom.